The van der Waals surface area contributed by atoms with E-state index in [9.17, 15) is 9.90 Å². The number of benzene rings is 1. The highest BCUT2D eigenvalue weighted by atomic mass is 16.3. The first kappa shape index (κ1) is 15.5. The molecule has 1 N–H and O–H groups in total. The van der Waals surface area contributed by atoms with Gasteiger partial charge in [0.2, 0.25) is 5.91 Å². The predicted octanol–water partition coefficient (Wildman–Crippen LogP) is 3.23. The van der Waals surface area contributed by atoms with Gasteiger partial charge in [0.15, 0.2) is 0 Å². The SMILES string of the molecule is CC=CC=CC(=O)N1CCCC1CC(O)c1ccccc1. The lowest BCUT2D eigenvalue weighted by Gasteiger charge is -2.25. The summed E-state index contributed by atoms with van der Waals surface area (Å²) in [6.07, 6.45) is 9.18. The van der Waals surface area contributed by atoms with Crippen LogP contribution in [-0.2, 0) is 4.79 Å². The minimum absolute atomic E-state index is 0.0378. The minimum atomic E-state index is -0.510. The number of hydrogen-bond acceptors (Lipinski definition) is 2. The summed E-state index contributed by atoms with van der Waals surface area (Å²) in [5, 5.41) is 10.3. The lowest BCUT2D eigenvalue weighted by atomic mass is 10.0. The van der Waals surface area contributed by atoms with E-state index in [1.54, 1.807) is 12.2 Å². The lowest BCUT2D eigenvalue weighted by molar-refractivity contribution is -0.127. The third-order valence-corrected chi connectivity index (χ3v) is 3.88. The number of aliphatic hydroxyl groups is 1. The molecule has 0 saturated carbocycles. The predicted molar refractivity (Wildman–Crippen MR) is 84.7 cm³/mol. The summed E-state index contributed by atoms with van der Waals surface area (Å²) >= 11 is 0. The summed E-state index contributed by atoms with van der Waals surface area (Å²) in [6, 6.07) is 9.78. The molecule has 21 heavy (non-hydrogen) atoms. The summed E-state index contributed by atoms with van der Waals surface area (Å²) in [5.74, 6) is 0.0378. The van der Waals surface area contributed by atoms with Crippen LogP contribution < -0.4 is 0 Å². The van der Waals surface area contributed by atoms with Crippen molar-refractivity contribution in [1.82, 2.24) is 4.90 Å². The Morgan fingerprint density at radius 2 is 2.14 bits per heavy atom. The average Bonchev–Trinajstić information content (AvgIpc) is 2.96. The summed E-state index contributed by atoms with van der Waals surface area (Å²) in [5.41, 5.74) is 0.918. The van der Waals surface area contributed by atoms with Crippen LogP contribution in [-0.4, -0.2) is 28.5 Å². The van der Waals surface area contributed by atoms with Gasteiger partial charge in [-0.3, -0.25) is 4.79 Å². The second kappa shape index (κ2) is 7.79. The zero-order valence-electron chi connectivity index (χ0n) is 12.5. The normalized spacial score (nSPS) is 20.5. The molecule has 1 aromatic carbocycles. The maximum absolute atomic E-state index is 12.2. The first-order valence-corrected chi connectivity index (χ1v) is 7.55. The standard InChI is InChI=1S/C18H23NO2/c1-2-3-5-12-18(21)19-13-8-11-16(19)14-17(20)15-9-6-4-7-10-15/h2-7,9-10,12,16-17,20H,8,11,13-14H2,1H3. The highest BCUT2D eigenvalue weighted by molar-refractivity contribution is 5.88. The molecule has 1 heterocycles. The van der Waals surface area contributed by atoms with Gasteiger partial charge in [-0.2, -0.15) is 0 Å². The number of carbonyl (C=O) groups excluding carboxylic acids is 1. The number of nitrogens with zero attached hydrogens (tertiary/aromatic N) is 1. The Morgan fingerprint density at radius 3 is 2.86 bits per heavy atom. The largest absolute Gasteiger partial charge is 0.388 e. The number of likely N-dealkylation sites (tertiary alicyclic amines) is 1. The second-order valence-electron chi connectivity index (χ2n) is 5.37. The van der Waals surface area contributed by atoms with E-state index in [0.29, 0.717) is 6.42 Å². The minimum Gasteiger partial charge on any atom is -0.388 e. The maximum Gasteiger partial charge on any atom is 0.246 e. The molecule has 0 aliphatic carbocycles. The van der Waals surface area contributed by atoms with Crippen molar-refractivity contribution in [3.8, 4) is 0 Å². The van der Waals surface area contributed by atoms with E-state index >= 15 is 0 Å². The van der Waals surface area contributed by atoms with Gasteiger partial charge in [-0.15, -0.1) is 0 Å². The third-order valence-electron chi connectivity index (χ3n) is 3.88. The van der Waals surface area contributed by atoms with Crippen molar-refractivity contribution < 1.29 is 9.90 Å². The number of amides is 1. The van der Waals surface area contributed by atoms with Gasteiger partial charge in [0.25, 0.3) is 0 Å². The Labute approximate surface area is 126 Å². The molecule has 3 heteroatoms. The summed E-state index contributed by atoms with van der Waals surface area (Å²) < 4.78 is 0. The van der Waals surface area contributed by atoms with Crippen LogP contribution in [0, 0.1) is 0 Å². The average molecular weight is 285 g/mol. The molecule has 3 nitrogen and oxygen atoms in total. The van der Waals surface area contributed by atoms with Crippen LogP contribution in [0.4, 0.5) is 0 Å². The van der Waals surface area contributed by atoms with E-state index in [4.69, 9.17) is 0 Å². The molecule has 1 saturated heterocycles. The van der Waals surface area contributed by atoms with Crippen LogP contribution in [0.3, 0.4) is 0 Å². The van der Waals surface area contributed by atoms with E-state index in [1.807, 2.05) is 54.3 Å². The van der Waals surface area contributed by atoms with Crippen molar-refractivity contribution in [1.29, 1.82) is 0 Å². The van der Waals surface area contributed by atoms with Crippen LogP contribution in [0.15, 0.2) is 54.6 Å². The first-order chi connectivity index (χ1) is 10.2. The fourth-order valence-corrected chi connectivity index (χ4v) is 2.78. The highest BCUT2D eigenvalue weighted by Gasteiger charge is 2.29. The van der Waals surface area contributed by atoms with Crippen LogP contribution in [0.2, 0.25) is 0 Å². The van der Waals surface area contributed by atoms with Gasteiger partial charge in [0, 0.05) is 18.7 Å². The van der Waals surface area contributed by atoms with Gasteiger partial charge in [-0.25, -0.2) is 0 Å². The number of hydrogen-bond donors (Lipinski definition) is 1. The second-order valence-corrected chi connectivity index (χ2v) is 5.37. The van der Waals surface area contributed by atoms with Gasteiger partial charge >= 0.3 is 0 Å². The quantitative estimate of drug-likeness (QED) is 0.666. The van der Waals surface area contributed by atoms with Crippen molar-refractivity contribution in [2.45, 2.75) is 38.3 Å². The Morgan fingerprint density at radius 1 is 1.38 bits per heavy atom. The fourth-order valence-electron chi connectivity index (χ4n) is 2.78. The molecule has 2 unspecified atom stereocenters. The van der Waals surface area contributed by atoms with Gasteiger partial charge in [0.05, 0.1) is 6.10 Å². The number of carbonyl (C=O) groups is 1. The van der Waals surface area contributed by atoms with Gasteiger partial charge < -0.3 is 10.0 Å². The van der Waals surface area contributed by atoms with Crippen molar-refractivity contribution in [3.05, 3.63) is 60.2 Å². The molecule has 0 spiro atoms. The van der Waals surface area contributed by atoms with E-state index < -0.39 is 6.10 Å². The molecule has 1 aliphatic rings. The molecule has 0 aromatic heterocycles. The summed E-state index contributed by atoms with van der Waals surface area (Å²) in [6.45, 7) is 2.70. The van der Waals surface area contributed by atoms with E-state index in [0.717, 1.165) is 24.9 Å². The molecule has 0 bridgehead atoms. The molecule has 1 aromatic rings. The Bertz CT molecular complexity index is 507. The van der Waals surface area contributed by atoms with Gasteiger partial charge in [-0.05, 0) is 31.7 Å². The topological polar surface area (TPSA) is 40.5 Å². The van der Waals surface area contributed by atoms with Gasteiger partial charge in [0.1, 0.15) is 0 Å². The first-order valence-electron chi connectivity index (χ1n) is 7.55. The van der Waals surface area contributed by atoms with Crippen molar-refractivity contribution in [3.63, 3.8) is 0 Å². The third kappa shape index (κ3) is 4.30. The Hall–Kier alpha value is -1.87. The summed E-state index contributed by atoms with van der Waals surface area (Å²) in [7, 11) is 0. The molecule has 2 atom stereocenters. The Balaban J connectivity index is 1.97. The van der Waals surface area contributed by atoms with Crippen LogP contribution in [0.25, 0.3) is 0 Å². The zero-order valence-corrected chi connectivity index (χ0v) is 12.5. The molecule has 0 radical (unpaired) electrons. The number of allylic oxidation sites excluding steroid dienone is 3. The van der Waals surface area contributed by atoms with E-state index in [2.05, 4.69) is 0 Å². The van der Waals surface area contributed by atoms with E-state index in [1.165, 1.54) is 0 Å². The van der Waals surface area contributed by atoms with E-state index in [-0.39, 0.29) is 11.9 Å². The molecule has 2 rings (SSSR count). The van der Waals surface area contributed by atoms with Crippen LogP contribution in [0.1, 0.15) is 37.9 Å². The molecular weight excluding hydrogens is 262 g/mol. The van der Waals surface area contributed by atoms with Crippen molar-refractivity contribution in [2.75, 3.05) is 6.54 Å². The van der Waals surface area contributed by atoms with Crippen LogP contribution >= 0.6 is 0 Å². The lowest BCUT2D eigenvalue weighted by Crippen LogP contribution is -2.35. The number of rotatable bonds is 5. The number of aliphatic hydroxyl groups excluding tert-OH is 1. The molecule has 112 valence electrons. The zero-order chi connectivity index (χ0) is 15.1. The molecular formula is C18H23NO2. The molecule has 1 aliphatic heterocycles. The monoisotopic (exact) mass is 285 g/mol. The molecule has 1 amide bonds. The Kier molecular flexibility index (Phi) is 5.76. The molecule has 1 fully saturated rings. The van der Waals surface area contributed by atoms with Crippen molar-refractivity contribution >= 4 is 5.91 Å². The smallest absolute Gasteiger partial charge is 0.246 e. The maximum atomic E-state index is 12.2. The highest BCUT2D eigenvalue weighted by Crippen LogP contribution is 2.27. The van der Waals surface area contributed by atoms with Crippen LogP contribution in [0.5, 0.6) is 0 Å². The van der Waals surface area contributed by atoms with Gasteiger partial charge in [-0.1, -0.05) is 48.6 Å². The van der Waals surface area contributed by atoms with Crippen molar-refractivity contribution in [2.24, 2.45) is 0 Å². The fraction of sp³-hybridized carbons (Fsp3) is 0.389. The summed E-state index contributed by atoms with van der Waals surface area (Å²) in [4.78, 5) is 14.1.